The van der Waals surface area contributed by atoms with Gasteiger partial charge in [0.25, 0.3) is 0 Å². The Morgan fingerprint density at radius 2 is 1.90 bits per heavy atom. The van der Waals surface area contributed by atoms with Crippen LogP contribution >= 0.6 is 22.6 Å². The van der Waals surface area contributed by atoms with Gasteiger partial charge in [0.1, 0.15) is 5.69 Å². The Balaban J connectivity index is 1.58. The van der Waals surface area contributed by atoms with Crippen molar-refractivity contribution in [3.8, 4) is 22.9 Å². The lowest BCUT2D eigenvalue weighted by Gasteiger charge is -2.02. The van der Waals surface area contributed by atoms with E-state index >= 15 is 0 Å². The van der Waals surface area contributed by atoms with Crippen LogP contribution in [0.5, 0.6) is 0 Å². The molecule has 0 radical (unpaired) electrons. The van der Waals surface area contributed by atoms with Gasteiger partial charge in [-0.2, -0.15) is 5.10 Å². The lowest BCUT2D eigenvalue weighted by molar-refractivity contribution is 1.09. The summed E-state index contributed by atoms with van der Waals surface area (Å²) in [4.78, 5) is 13.2. The molecule has 0 aliphatic carbocycles. The van der Waals surface area contributed by atoms with Gasteiger partial charge in [0.05, 0.1) is 11.4 Å². The summed E-state index contributed by atoms with van der Waals surface area (Å²) in [6.07, 6.45) is 7.41. The van der Waals surface area contributed by atoms with E-state index in [4.69, 9.17) is 5.73 Å². The Bertz CT molecular complexity index is 1210. The number of rotatable bonds is 5. The molecule has 3 aromatic heterocycles. The highest BCUT2D eigenvalue weighted by molar-refractivity contribution is 14.1. The summed E-state index contributed by atoms with van der Waals surface area (Å²) in [6, 6.07) is 15.4. The first-order valence-electron chi connectivity index (χ1n) is 8.83. The molecule has 3 N–H and O–H groups in total. The van der Waals surface area contributed by atoms with Gasteiger partial charge in [-0.05, 0) is 64.1 Å². The minimum absolute atomic E-state index is 0.539. The number of aromatic nitrogens is 5. The van der Waals surface area contributed by atoms with Crippen LogP contribution in [0.4, 0.5) is 5.69 Å². The van der Waals surface area contributed by atoms with Gasteiger partial charge < -0.3 is 5.73 Å². The Kier molecular flexibility index (Phi) is 5.48. The van der Waals surface area contributed by atoms with Crippen molar-refractivity contribution >= 4 is 39.9 Å². The molecule has 3 heterocycles. The van der Waals surface area contributed by atoms with Gasteiger partial charge in [-0.25, -0.2) is 4.98 Å². The van der Waals surface area contributed by atoms with Crippen molar-refractivity contribution in [2.24, 2.45) is 0 Å². The number of halogens is 1. The van der Waals surface area contributed by atoms with Crippen molar-refractivity contribution in [3.05, 3.63) is 88.4 Å². The van der Waals surface area contributed by atoms with E-state index in [2.05, 4.69) is 54.3 Å². The predicted molar refractivity (Wildman–Crippen MR) is 124 cm³/mol. The highest BCUT2D eigenvalue weighted by atomic mass is 127. The molecule has 0 unspecified atom stereocenters. The van der Waals surface area contributed by atoms with Crippen molar-refractivity contribution in [2.75, 3.05) is 5.73 Å². The molecular weight excluding hydrogens is 475 g/mol. The number of hydrogen-bond acceptors (Lipinski definition) is 5. The van der Waals surface area contributed by atoms with Crippen LogP contribution in [-0.4, -0.2) is 25.1 Å². The van der Waals surface area contributed by atoms with E-state index in [1.165, 1.54) is 0 Å². The fourth-order valence-electron chi connectivity index (χ4n) is 2.79. The monoisotopic (exact) mass is 492 g/mol. The molecule has 0 spiro atoms. The molecular formula is C22H17IN6. The molecule has 0 aliphatic heterocycles. The van der Waals surface area contributed by atoms with Crippen LogP contribution < -0.4 is 5.73 Å². The zero-order chi connectivity index (χ0) is 20.2. The fourth-order valence-corrected chi connectivity index (χ4v) is 3.48. The van der Waals surface area contributed by atoms with Gasteiger partial charge in [0, 0.05) is 21.5 Å². The summed E-state index contributed by atoms with van der Waals surface area (Å²) in [5.41, 5.74) is 10.8. The number of nitrogens with zero attached hydrogens (tertiary/aromatic N) is 4. The van der Waals surface area contributed by atoms with E-state index in [9.17, 15) is 0 Å². The quantitative estimate of drug-likeness (QED) is 0.307. The fraction of sp³-hybridized carbons (Fsp3) is 0. The predicted octanol–water partition coefficient (Wildman–Crippen LogP) is 4.84. The normalized spacial score (nSPS) is 11.1. The number of hydrogen-bond donors (Lipinski definition) is 2. The number of anilines is 1. The summed E-state index contributed by atoms with van der Waals surface area (Å²) >= 11 is 2.26. The van der Waals surface area contributed by atoms with E-state index in [0.717, 1.165) is 26.0 Å². The number of H-pyrrole nitrogens is 1. The van der Waals surface area contributed by atoms with Gasteiger partial charge in [0.15, 0.2) is 11.6 Å². The van der Waals surface area contributed by atoms with E-state index in [-0.39, 0.29) is 0 Å². The second kappa shape index (κ2) is 8.36. The second-order valence-electron chi connectivity index (χ2n) is 6.27. The van der Waals surface area contributed by atoms with Crippen LogP contribution in [0.15, 0.2) is 73.6 Å². The second-order valence-corrected chi connectivity index (χ2v) is 7.43. The molecule has 6 nitrogen and oxygen atoms in total. The molecule has 0 saturated heterocycles. The summed E-state index contributed by atoms with van der Waals surface area (Å²) < 4.78 is 1.07. The number of nitrogens with two attached hydrogens (primary N) is 1. The molecule has 1 aromatic carbocycles. The van der Waals surface area contributed by atoms with Gasteiger partial charge in [-0.1, -0.05) is 36.9 Å². The maximum absolute atomic E-state index is 5.98. The van der Waals surface area contributed by atoms with Crippen LogP contribution in [0, 0.1) is 3.57 Å². The molecule has 4 rings (SSSR count). The molecule has 0 fully saturated rings. The minimum atomic E-state index is 0.539. The Labute approximate surface area is 181 Å². The number of pyridine rings is 2. The molecule has 7 heteroatoms. The summed E-state index contributed by atoms with van der Waals surface area (Å²) in [5.74, 6) is 1.12. The van der Waals surface area contributed by atoms with Crippen molar-refractivity contribution in [1.82, 2.24) is 25.1 Å². The maximum Gasteiger partial charge on any atom is 0.181 e. The van der Waals surface area contributed by atoms with Crippen LogP contribution in [0.25, 0.3) is 34.6 Å². The largest absolute Gasteiger partial charge is 0.397 e. The standard InChI is InChI=1S/C22H17IN6/c1-14(19-17(23)7-3-11-25-19)9-10-15-5-2-6-16(13-15)21-27-22(29-28-21)20-18(24)8-4-12-26-20/h2-13H,1,24H2,(H,27,28,29)/b10-9+. The number of nitrogen functional groups attached to an aromatic ring is 1. The summed E-state index contributed by atoms with van der Waals surface area (Å²) in [5, 5.41) is 7.23. The molecule has 0 atom stereocenters. The maximum atomic E-state index is 5.98. The van der Waals surface area contributed by atoms with E-state index in [1.54, 1.807) is 24.5 Å². The van der Waals surface area contributed by atoms with E-state index < -0.39 is 0 Å². The van der Waals surface area contributed by atoms with E-state index in [0.29, 0.717) is 23.0 Å². The first kappa shape index (κ1) is 19.0. The van der Waals surface area contributed by atoms with Crippen LogP contribution in [0.3, 0.4) is 0 Å². The SMILES string of the molecule is C=C(/C=C/c1cccc(-c2n[nH]c(-c3ncccc3N)n2)c1)c1ncccc1I. The minimum Gasteiger partial charge on any atom is -0.397 e. The lowest BCUT2D eigenvalue weighted by Crippen LogP contribution is -1.93. The van der Waals surface area contributed by atoms with Crippen molar-refractivity contribution in [1.29, 1.82) is 0 Å². The van der Waals surface area contributed by atoms with Crippen LogP contribution in [0.2, 0.25) is 0 Å². The van der Waals surface area contributed by atoms with Crippen molar-refractivity contribution in [3.63, 3.8) is 0 Å². The third-order valence-electron chi connectivity index (χ3n) is 4.23. The third-order valence-corrected chi connectivity index (χ3v) is 5.10. The molecule has 4 aromatic rings. The topological polar surface area (TPSA) is 93.4 Å². The molecule has 0 saturated carbocycles. The van der Waals surface area contributed by atoms with Crippen LogP contribution in [-0.2, 0) is 0 Å². The van der Waals surface area contributed by atoms with E-state index in [1.807, 2.05) is 48.6 Å². The smallest absolute Gasteiger partial charge is 0.181 e. The van der Waals surface area contributed by atoms with Crippen molar-refractivity contribution in [2.45, 2.75) is 0 Å². The lowest BCUT2D eigenvalue weighted by atomic mass is 10.1. The van der Waals surface area contributed by atoms with Gasteiger partial charge in [-0.3, -0.25) is 15.1 Å². The Hall–Kier alpha value is -3.33. The summed E-state index contributed by atoms with van der Waals surface area (Å²) in [7, 11) is 0. The van der Waals surface area contributed by atoms with Crippen molar-refractivity contribution < 1.29 is 0 Å². The molecule has 0 amide bonds. The molecule has 0 bridgehead atoms. The van der Waals surface area contributed by atoms with Crippen LogP contribution in [0.1, 0.15) is 11.3 Å². The number of aromatic amines is 1. The Morgan fingerprint density at radius 3 is 2.72 bits per heavy atom. The highest BCUT2D eigenvalue weighted by Gasteiger charge is 2.11. The molecule has 142 valence electrons. The first-order valence-corrected chi connectivity index (χ1v) is 9.91. The molecule has 29 heavy (non-hydrogen) atoms. The van der Waals surface area contributed by atoms with Gasteiger partial charge >= 0.3 is 0 Å². The van der Waals surface area contributed by atoms with Gasteiger partial charge in [0.2, 0.25) is 0 Å². The first-order chi connectivity index (χ1) is 14.1. The summed E-state index contributed by atoms with van der Waals surface area (Å²) in [6.45, 7) is 4.12. The third kappa shape index (κ3) is 4.24. The number of allylic oxidation sites excluding steroid dienone is 2. The highest BCUT2D eigenvalue weighted by Crippen LogP contribution is 2.24. The zero-order valence-electron chi connectivity index (χ0n) is 15.4. The Morgan fingerprint density at radius 1 is 1.07 bits per heavy atom. The average Bonchev–Trinajstić information content (AvgIpc) is 3.23. The van der Waals surface area contributed by atoms with Gasteiger partial charge in [-0.15, -0.1) is 0 Å². The average molecular weight is 492 g/mol. The number of benzene rings is 1. The number of nitrogens with one attached hydrogen (secondary N) is 1. The molecule has 0 aliphatic rings. The zero-order valence-corrected chi connectivity index (χ0v) is 17.5.